The molecular formula is C13H17N3O3S2. The van der Waals surface area contributed by atoms with Gasteiger partial charge in [-0.25, -0.2) is 8.42 Å². The maximum atomic E-state index is 11.3. The van der Waals surface area contributed by atoms with Crippen LogP contribution >= 0.6 is 12.2 Å². The molecule has 1 aromatic carbocycles. The van der Waals surface area contributed by atoms with Gasteiger partial charge in [-0.1, -0.05) is 0 Å². The van der Waals surface area contributed by atoms with Gasteiger partial charge in [-0.3, -0.25) is 5.43 Å². The lowest BCUT2D eigenvalue weighted by Gasteiger charge is -2.12. The van der Waals surface area contributed by atoms with Gasteiger partial charge in [-0.2, -0.15) is 5.10 Å². The summed E-state index contributed by atoms with van der Waals surface area (Å²) >= 11 is 5.07. The van der Waals surface area contributed by atoms with Crippen LogP contribution in [0.4, 0.5) is 0 Å². The summed E-state index contributed by atoms with van der Waals surface area (Å²) in [7, 11) is -1.30. The van der Waals surface area contributed by atoms with Crippen LogP contribution in [-0.4, -0.2) is 44.4 Å². The predicted molar refractivity (Wildman–Crippen MR) is 86.5 cm³/mol. The second kappa shape index (κ2) is 6.86. The number of thiocarbonyl (C=S) groups is 1. The molecule has 1 atom stereocenters. The minimum atomic E-state index is -2.91. The zero-order valence-corrected chi connectivity index (χ0v) is 13.2. The molecule has 1 fully saturated rings. The van der Waals surface area contributed by atoms with Crippen LogP contribution in [0.15, 0.2) is 29.4 Å². The average Bonchev–Trinajstić information content (AvgIpc) is 2.78. The molecule has 1 saturated heterocycles. The van der Waals surface area contributed by atoms with Gasteiger partial charge in [0.2, 0.25) is 0 Å². The molecule has 1 aromatic rings. The van der Waals surface area contributed by atoms with Crippen molar-refractivity contribution in [3.8, 4) is 5.75 Å². The number of hydrazone groups is 1. The van der Waals surface area contributed by atoms with Crippen LogP contribution in [0.1, 0.15) is 12.0 Å². The summed E-state index contributed by atoms with van der Waals surface area (Å²) in [6, 6.07) is 7.27. The largest absolute Gasteiger partial charge is 0.497 e. The van der Waals surface area contributed by atoms with E-state index in [1.807, 2.05) is 24.3 Å². The Kier molecular flexibility index (Phi) is 5.13. The normalized spacial score (nSPS) is 20.3. The summed E-state index contributed by atoms with van der Waals surface area (Å²) < 4.78 is 27.7. The van der Waals surface area contributed by atoms with E-state index in [1.54, 1.807) is 13.3 Å². The fraction of sp³-hybridized carbons (Fsp3) is 0.385. The number of ether oxygens (including phenoxy) is 1. The van der Waals surface area contributed by atoms with Crippen LogP contribution in [0.3, 0.4) is 0 Å². The van der Waals surface area contributed by atoms with E-state index in [9.17, 15) is 8.42 Å². The maximum absolute atomic E-state index is 11.3. The fourth-order valence-corrected chi connectivity index (χ4v) is 3.87. The van der Waals surface area contributed by atoms with Gasteiger partial charge in [0.05, 0.1) is 24.8 Å². The van der Waals surface area contributed by atoms with Crippen LogP contribution < -0.4 is 15.5 Å². The minimum absolute atomic E-state index is 0.122. The first-order valence-electron chi connectivity index (χ1n) is 6.42. The number of methoxy groups -OCH3 is 1. The van der Waals surface area contributed by atoms with Crippen LogP contribution in [-0.2, 0) is 9.84 Å². The minimum Gasteiger partial charge on any atom is -0.497 e. The van der Waals surface area contributed by atoms with E-state index in [2.05, 4.69) is 15.8 Å². The Hall–Kier alpha value is -1.67. The molecule has 6 nitrogen and oxygen atoms in total. The maximum Gasteiger partial charge on any atom is 0.187 e. The van der Waals surface area contributed by atoms with E-state index in [0.29, 0.717) is 11.5 Å². The topological polar surface area (TPSA) is 79.8 Å². The molecule has 1 aliphatic heterocycles. The highest BCUT2D eigenvalue weighted by Gasteiger charge is 2.27. The van der Waals surface area contributed by atoms with Crippen molar-refractivity contribution in [2.24, 2.45) is 5.10 Å². The molecule has 21 heavy (non-hydrogen) atoms. The lowest BCUT2D eigenvalue weighted by Crippen LogP contribution is -2.40. The van der Waals surface area contributed by atoms with Crippen LogP contribution in [0.2, 0.25) is 0 Å². The van der Waals surface area contributed by atoms with Crippen molar-refractivity contribution in [3.05, 3.63) is 29.8 Å². The molecule has 0 aromatic heterocycles. The molecular weight excluding hydrogens is 310 g/mol. The molecule has 114 valence electrons. The van der Waals surface area contributed by atoms with Gasteiger partial charge in [-0.05, 0) is 48.5 Å². The third-order valence-electron chi connectivity index (χ3n) is 3.06. The first-order valence-corrected chi connectivity index (χ1v) is 8.65. The second-order valence-electron chi connectivity index (χ2n) is 4.72. The summed E-state index contributed by atoms with van der Waals surface area (Å²) in [6.45, 7) is 0. The Bertz CT molecular complexity index is 627. The smallest absolute Gasteiger partial charge is 0.187 e. The fourth-order valence-electron chi connectivity index (χ4n) is 1.98. The third-order valence-corrected chi connectivity index (χ3v) is 5.04. The molecule has 0 aliphatic carbocycles. The standard InChI is InChI=1S/C13H17N3O3S2/c1-19-12-4-2-10(3-5-12)8-14-16-13(20)15-11-6-7-21(17,18)9-11/h2-5,8,11H,6-7,9H2,1H3,(H2,15,16,20)/b14-8-/t11-/m1/s1. The van der Waals surface area contributed by atoms with Gasteiger partial charge in [0.15, 0.2) is 14.9 Å². The monoisotopic (exact) mass is 327 g/mol. The predicted octanol–water partition coefficient (Wildman–Crippen LogP) is 0.680. The van der Waals surface area contributed by atoms with Crippen molar-refractivity contribution in [3.63, 3.8) is 0 Å². The highest BCUT2D eigenvalue weighted by molar-refractivity contribution is 7.91. The molecule has 0 amide bonds. The molecule has 1 aliphatic rings. The van der Waals surface area contributed by atoms with Crippen molar-refractivity contribution in [2.75, 3.05) is 18.6 Å². The molecule has 0 unspecified atom stereocenters. The molecule has 0 radical (unpaired) electrons. The number of nitrogens with one attached hydrogen (secondary N) is 2. The van der Waals surface area contributed by atoms with Gasteiger partial charge in [0.1, 0.15) is 5.75 Å². The van der Waals surface area contributed by atoms with Crippen LogP contribution in [0.25, 0.3) is 0 Å². The highest BCUT2D eigenvalue weighted by Crippen LogP contribution is 2.11. The second-order valence-corrected chi connectivity index (χ2v) is 7.35. The van der Waals surface area contributed by atoms with Crippen molar-refractivity contribution in [2.45, 2.75) is 12.5 Å². The summed E-state index contributed by atoms with van der Waals surface area (Å²) in [5.41, 5.74) is 3.58. The van der Waals surface area contributed by atoms with Crippen LogP contribution in [0, 0.1) is 0 Å². The van der Waals surface area contributed by atoms with Crippen LogP contribution in [0.5, 0.6) is 5.75 Å². The summed E-state index contributed by atoms with van der Waals surface area (Å²) in [5, 5.41) is 7.27. The lowest BCUT2D eigenvalue weighted by molar-refractivity contribution is 0.415. The molecule has 8 heteroatoms. The zero-order valence-electron chi connectivity index (χ0n) is 11.6. The van der Waals surface area contributed by atoms with E-state index in [1.165, 1.54) is 0 Å². The lowest BCUT2D eigenvalue weighted by atomic mass is 10.2. The van der Waals surface area contributed by atoms with Crippen molar-refractivity contribution < 1.29 is 13.2 Å². The number of sulfone groups is 1. The number of hydrogen-bond acceptors (Lipinski definition) is 5. The number of nitrogens with zero attached hydrogens (tertiary/aromatic N) is 1. The van der Waals surface area contributed by atoms with E-state index in [-0.39, 0.29) is 17.5 Å². The first-order chi connectivity index (χ1) is 9.98. The van der Waals surface area contributed by atoms with Crippen molar-refractivity contribution in [1.29, 1.82) is 0 Å². The third kappa shape index (κ3) is 4.98. The summed E-state index contributed by atoms with van der Waals surface area (Å²) in [5.74, 6) is 1.11. The zero-order chi connectivity index (χ0) is 15.3. The first kappa shape index (κ1) is 15.7. The Morgan fingerprint density at radius 2 is 2.14 bits per heavy atom. The number of hydrogen-bond donors (Lipinski definition) is 2. The number of benzene rings is 1. The molecule has 1 heterocycles. The summed E-state index contributed by atoms with van der Waals surface area (Å²) in [6.07, 6.45) is 2.20. The molecule has 0 spiro atoms. The molecule has 0 saturated carbocycles. The number of rotatable bonds is 4. The van der Waals surface area contributed by atoms with E-state index in [4.69, 9.17) is 17.0 Å². The molecule has 2 N–H and O–H groups in total. The quantitative estimate of drug-likeness (QED) is 0.481. The van der Waals surface area contributed by atoms with Crippen molar-refractivity contribution >= 4 is 33.4 Å². The van der Waals surface area contributed by atoms with Gasteiger partial charge in [-0.15, -0.1) is 0 Å². The molecule has 0 bridgehead atoms. The Labute approximate surface area is 129 Å². The highest BCUT2D eigenvalue weighted by atomic mass is 32.2. The Morgan fingerprint density at radius 3 is 2.71 bits per heavy atom. The Balaban J connectivity index is 1.79. The van der Waals surface area contributed by atoms with E-state index < -0.39 is 9.84 Å². The van der Waals surface area contributed by atoms with Gasteiger partial charge in [0.25, 0.3) is 0 Å². The Morgan fingerprint density at radius 1 is 1.43 bits per heavy atom. The van der Waals surface area contributed by atoms with Gasteiger partial charge < -0.3 is 10.1 Å². The average molecular weight is 327 g/mol. The van der Waals surface area contributed by atoms with E-state index >= 15 is 0 Å². The van der Waals surface area contributed by atoms with Gasteiger partial charge in [0, 0.05) is 6.04 Å². The van der Waals surface area contributed by atoms with Gasteiger partial charge >= 0.3 is 0 Å². The molecule has 2 rings (SSSR count). The van der Waals surface area contributed by atoms with E-state index in [0.717, 1.165) is 11.3 Å². The SMILES string of the molecule is COc1ccc(/C=N\NC(=S)N[C@@H]2CCS(=O)(=O)C2)cc1. The summed E-state index contributed by atoms with van der Waals surface area (Å²) in [4.78, 5) is 0. The van der Waals surface area contributed by atoms with Crippen molar-refractivity contribution in [1.82, 2.24) is 10.7 Å².